The van der Waals surface area contributed by atoms with E-state index in [4.69, 9.17) is 4.42 Å². The molecule has 2 unspecified atom stereocenters. The Morgan fingerprint density at radius 2 is 1.35 bits per heavy atom. The predicted molar refractivity (Wildman–Crippen MR) is 156 cm³/mol. The van der Waals surface area contributed by atoms with E-state index in [-0.39, 0.29) is 34.0 Å². The van der Waals surface area contributed by atoms with Crippen molar-refractivity contribution >= 4 is 45.3 Å². The van der Waals surface area contributed by atoms with Crippen molar-refractivity contribution in [3.05, 3.63) is 64.7 Å². The van der Waals surface area contributed by atoms with Gasteiger partial charge in [0.1, 0.15) is 0 Å². The van der Waals surface area contributed by atoms with Gasteiger partial charge < -0.3 is 25.6 Å². The normalized spacial score (nSPS) is 20.8. The van der Waals surface area contributed by atoms with E-state index in [0.717, 1.165) is 46.1 Å². The summed E-state index contributed by atoms with van der Waals surface area (Å²) in [6, 6.07) is 12.2. The van der Waals surface area contributed by atoms with Gasteiger partial charge in [0, 0.05) is 33.6 Å². The monoisotopic (exact) mass is 538 g/mol. The first-order valence-corrected chi connectivity index (χ1v) is 13.8. The SMILES string of the molecule is CC1CC(C)(C)Nc2cc3[o+]c4cc5c(cc4c(-c4cc(C(=O)O)ccc4C(=O)[O-])c3cc21)C(C)CC(C)(C)N5. The number of carboxylic acid groups (broad SMARTS) is 2. The lowest BCUT2D eigenvalue weighted by atomic mass is 9.79. The number of carboxylic acids is 2. The molecule has 7 nitrogen and oxygen atoms in total. The molecule has 2 atom stereocenters. The van der Waals surface area contributed by atoms with Gasteiger partial charge >= 0.3 is 17.1 Å². The molecule has 0 aliphatic carbocycles. The Kier molecular flexibility index (Phi) is 5.67. The summed E-state index contributed by atoms with van der Waals surface area (Å²) in [5.41, 5.74) is 6.07. The second kappa shape index (κ2) is 8.68. The van der Waals surface area contributed by atoms with Gasteiger partial charge in [-0.3, -0.25) is 0 Å². The summed E-state index contributed by atoms with van der Waals surface area (Å²) in [5, 5.41) is 30.9. The topological polar surface area (TPSA) is 113 Å². The molecule has 0 radical (unpaired) electrons. The van der Waals surface area contributed by atoms with Crippen LogP contribution >= 0.6 is 0 Å². The highest BCUT2D eigenvalue weighted by atomic mass is 16.4. The smallest absolute Gasteiger partial charge is 0.363 e. The standard InChI is InChI=1S/C33H34N2O5/c1-16-14-32(3,4)34-25-12-27-23(10-20(16)25)29(22-9-18(30(36)37)7-8-19(22)31(38)39)24-11-21-17(2)15-33(5,6)35-26(21)13-28(24)40-27/h7-13,16-17,34-35H,14-15H2,1-6H3,(H-,36,37,38,39). The summed E-state index contributed by atoms with van der Waals surface area (Å²) >= 11 is 0. The van der Waals surface area contributed by atoms with Gasteiger partial charge in [-0.15, -0.1) is 0 Å². The molecule has 1 aromatic heterocycles. The molecule has 0 saturated carbocycles. The van der Waals surface area contributed by atoms with Gasteiger partial charge in [0.2, 0.25) is 0 Å². The van der Waals surface area contributed by atoms with Crippen LogP contribution in [0.1, 0.15) is 98.1 Å². The molecule has 4 aromatic rings. The summed E-state index contributed by atoms with van der Waals surface area (Å²) in [4.78, 5) is 24.3. The van der Waals surface area contributed by atoms with Crippen molar-refractivity contribution in [3.8, 4) is 11.1 Å². The highest BCUT2D eigenvalue weighted by Crippen LogP contribution is 2.48. The van der Waals surface area contributed by atoms with E-state index in [1.807, 2.05) is 12.1 Å². The molecule has 0 fully saturated rings. The van der Waals surface area contributed by atoms with Crippen molar-refractivity contribution in [2.45, 2.75) is 77.3 Å². The largest absolute Gasteiger partial charge is 0.545 e. The third-order valence-corrected chi connectivity index (χ3v) is 8.46. The highest BCUT2D eigenvalue weighted by molar-refractivity contribution is 6.13. The van der Waals surface area contributed by atoms with Crippen LogP contribution in [0, 0.1) is 0 Å². The van der Waals surface area contributed by atoms with E-state index in [1.54, 1.807) is 0 Å². The summed E-state index contributed by atoms with van der Waals surface area (Å²) in [6.45, 7) is 13.1. The average molecular weight is 539 g/mol. The molecule has 3 heterocycles. The third kappa shape index (κ3) is 4.24. The number of nitrogens with one attached hydrogen (secondary N) is 2. The van der Waals surface area contributed by atoms with Gasteiger partial charge in [-0.25, -0.2) is 9.21 Å². The van der Waals surface area contributed by atoms with Crippen LogP contribution in [0.2, 0.25) is 0 Å². The van der Waals surface area contributed by atoms with Crippen LogP contribution in [0.3, 0.4) is 0 Å². The van der Waals surface area contributed by atoms with Crippen LogP contribution in [0.4, 0.5) is 11.4 Å². The number of carbonyl (C=O) groups is 2. The second-order valence-electron chi connectivity index (χ2n) is 12.9. The van der Waals surface area contributed by atoms with Crippen LogP contribution in [0.15, 0.2) is 46.9 Å². The molecule has 0 spiro atoms. The second-order valence-corrected chi connectivity index (χ2v) is 12.9. The zero-order valence-corrected chi connectivity index (χ0v) is 23.7. The Morgan fingerprint density at radius 1 is 0.850 bits per heavy atom. The van der Waals surface area contributed by atoms with Crippen molar-refractivity contribution in [2.24, 2.45) is 0 Å². The number of anilines is 2. The number of hydrogen-bond acceptors (Lipinski definition) is 5. The molecule has 0 amide bonds. The van der Waals surface area contributed by atoms with Crippen molar-refractivity contribution in [1.82, 2.24) is 0 Å². The molecule has 2 aliphatic rings. The fraction of sp³-hybridized carbons (Fsp3) is 0.364. The van der Waals surface area contributed by atoms with Gasteiger partial charge in [-0.2, -0.15) is 0 Å². The summed E-state index contributed by atoms with van der Waals surface area (Å²) in [6.07, 6.45) is 1.85. The average Bonchev–Trinajstić information content (AvgIpc) is 2.83. The fourth-order valence-electron chi connectivity index (χ4n) is 6.98. The number of rotatable bonds is 3. The maximum Gasteiger partial charge on any atom is 0.363 e. The molecule has 7 heteroatoms. The molecule has 0 bridgehead atoms. The van der Waals surface area contributed by atoms with Crippen LogP contribution in [0.25, 0.3) is 33.1 Å². The van der Waals surface area contributed by atoms with Gasteiger partial charge in [0.05, 0.1) is 34.4 Å². The molecule has 3 aromatic carbocycles. The molecule has 206 valence electrons. The Balaban J connectivity index is 1.76. The van der Waals surface area contributed by atoms with E-state index >= 15 is 0 Å². The van der Waals surface area contributed by atoms with Crippen LogP contribution in [0.5, 0.6) is 0 Å². The molecular formula is C33H34N2O5. The first-order valence-electron chi connectivity index (χ1n) is 13.8. The summed E-state index contributed by atoms with van der Waals surface area (Å²) in [5.74, 6) is -1.99. The van der Waals surface area contributed by atoms with E-state index in [2.05, 4.69) is 64.3 Å². The molecule has 40 heavy (non-hydrogen) atoms. The zero-order chi connectivity index (χ0) is 28.7. The lowest BCUT2D eigenvalue weighted by Crippen LogP contribution is -2.36. The van der Waals surface area contributed by atoms with E-state index < -0.39 is 11.9 Å². The maximum absolute atomic E-state index is 12.4. The number of benzene rings is 3. The molecule has 3 N–H and O–H groups in total. The molecule has 2 aliphatic heterocycles. The minimum Gasteiger partial charge on any atom is -0.545 e. The summed E-state index contributed by atoms with van der Waals surface area (Å²) < 4.78 is 6.57. The van der Waals surface area contributed by atoms with Gasteiger partial charge in [-0.1, -0.05) is 19.9 Å². The Labute approximate surface area is 233 Å². The van der Waals surface area contributed by atoms with Gasteiger partial charge in [0.25, 0.3) is 0 Å². The van der Waals surface area contributed by atoms with Crippen molar-refractivity contribution in [2.75, 3.05) is 10.6 Å². The number of hydrogen-bond donors (Lipinski definition) is 3. The minimum absolute atomic E-state index is 0.00609. The van der Waals surface area contributed by atoms with Crippen LogP contribution in [-0.2, 0) is 0 Å². The first kappa shape index (κ1) is 26.1. The van der Waals surface area contributed by atoms with Crippen molar-refractivity contribution < 1.29 is 24.2 Å². The maximum atomic E-state index is 12.4. The zero-order valence-electron chi connectivity index (χ0n) is 23.7. The molecule has 6 rings (SSSR count). The van der Waals surface area contributed by atoms with E-state index in [1.165, 1.54) is 18.2 Å². The Hall–Kier alpha value is -4.13. The van der Waals surface area contributed by atoms with Crippen molar-refractivity contribution in [3.63, 3.8) is 0 Å². The van der Waals surface area contributed by atoms with Gasteiger partial charge in [0.15, 0.2) is 0 Å². The first-order chi connectivity index (χ1) is 18.7. The van der Waals surface area contributed by atoms with Crippen molar-refractivity contribution in [1.29, 1.82) is 0 Å². The lowest BCUT2D eigenvalue weighted by molar-refractivity contribution is -0.254. The predicted octanol–water partition coefficient (Wildman–Crippen LogP) is 6.99. The quantitative estimate of drug-likeness (QED) is 0.190. The van der Waals surface area contributed by atoms with Crippen LogP contribution in [-0.4, -0.2) is 28.1 Å². The van der Waals surface area contributed by atoms with Crippen LogP contribution < -0.4 is 15.7 Å². The fourth-order valence-corrected chi connectivity index (χ4v) is 6.98. The number of carbonyl (C=O) groups excluding carboxylic acids is 1. The van der Waals surface area contributed by atoms with Gasteiger partial charge in [-0.05, 0) is 93.3 Å². The van der Waals surface area contributed by atoms with E-state index in [0.29, 0.717) is 22.3 Å². The highest BCUT2D eigenvalue weighted by Gasteiger charge is 2.35. The Bertz CT molecular complexity index is 1670. The molecule has 0 saturated heterocycles. The molecular weight excluding hydrogens is 504 g/mol. The Morgan fingerprint density at radius 3 is 1.80 bits per heavy atom. The number of fused-ring (bicyclic) bond motifs is 4. The third-order valence-electron chi connectivity index (χ3n) is 8.46. The number of aromatic carboxylic acids is 2. The lowest BCUT2D eigenvalue weighted by Gasteiger charge is -2.37. The summed E-state index contributed by atoms with van der Waals surface area (Å²) in [7, 11) is 0. The minimum atomic E-state index is -1.36. The van der Waals surface area contributed by atoms with E-state index in [9.17, 15) is 19.8 Å².